The van der Waals surface area contributed by atoms with Gasteiger partial charge in [-0.1, -0.05) is 24.3 Å². The van der Waals surface area contributed by atoms with Gasteiger partial charge in [-0.3, -0.25) is 0 Å². The number of aromatic carboxylic acids is 1. The Morgan fingerprint density at radius 1 is 1.14 bits per heavy atom. The lowest BCUT2D eigenvalue weighted by Crippen LogP contribution is -2.22. The minimum Gasteiger partial charge on any atom is -0.478 e. The number of carboxylic acid groups (broad SMARTS) is 1. The second-order valence-electron chi connectivity index (χ2n) is 5.60. The summed E-state index contributed by atoms with van der Waals surface area (Å²) < 4.78 is 0. The second-order valence-corrected chi connectivity index (χ2v) is 5.60. The number of fused-ring (bicyclic) bond motifs is 1. The standard InChI is InChI=1S/C18H19NO2/c1-13-11-16(8-9-17(13)18(20)21)19-10-4-7-14-5-2-3-6-15(14)12-19/h2-3,5-6,8-9,11H,4,7,10,12H2,1H3,(H,20,21). The van der Waals surface area contributed by atoms with Crippen LogP contribution in [0.15, 0.2) is 42.5 Å². The molecule has 0 aliphatic carbocycles. The number of carboxylic acids is 1. The topological polar surface area (TPSA) is 40.5 Å². The summed E-state index contributed by atoms with van der Waals surface area (Å²) in [4.78, 5) is 13.5. The molecule has 3 rings (SSSR count). The van der Waals surface area contributed by atoms with E-state index in [9.17, 15) is 4.79 Å². The van der Waals surface area contributed by atoms with E-state index in [0.29, 0.717) is 5.56 Å². The van der Waals surface area contributed by atoms with Crippen LogP contribution in [0.5, 0.6) is 0 Å². The van der Waals surface area contributed by atoms with Crippen LogP contribution in [-0.2, 0) is 13.0 Å². The van der Waals surface area contributed by atoms with Gasteiger partial charge >= 0.3 is 5.97 Å². The molecule has 2 aromatic carbocycles. The van der Waals surface area contributed by atoms with E-state index in [0.717, 1.165) is 37.2 Å². The molecule has 0 amide bonds. The number of nitrogens with zero attached hydrogens (tertiary/aromatic N) is 1. The third kappa shape index (κ3) is 2.77. The maximum Gasteiger partial charge on any atom is 0.335 e. The van der Waals surface area contributed by atoms with Crippen molar-refractivity contribution in [2.75, 3.05) is 11.4 Å². The molecule has 3 nitrogen and oxygen atoms in total. The Kier molecular flexibility index (Phi) is 3.65. The predicted octanol–water partition coefficient (Wildman–Crippen LogP) is 3.65. The molecule has 0 radical (unpaired) electrons. The highest BCUT2D eigenvalue weighted by molar-refractivity contribution is 5.89. The fraction of sp³-hybridized carbons (Fsp3) is 0.278. The first-order valence-corrected chi connectivity index (χ1v) is 7.31. The highest BCUT2D eigenvalue weighted by Gasteiger charge is 2.16. The average Bonchev–Trinajstić information content (AvgIpc) is 2.68. The van der Waals surface area contributed by atoms with Crippen LogP contribution in [0.4, 0.5) is 5.69 Å². The van der Waals surface area contributed by atoms with Crippen molar-refractivity contribution in [2.24, 2.45) is 0 Å². The number of hydrogen-bond donors (Lipinski definition) is 1. The fourth-order valence-corrected chi connectivity index (χ4v) is 3.01. The molecule has 0 fully saturated rings. The van der Waals surface area contributed by atoms with Crippen molar-refractivity contribution in [1.82, 2.24) is 0 Å². The van der Waals surface area contributed by atoms with Gasteiger partial charge in [-0.15, -0.1) is 0 Å². The van der Waals surface area contributed by atoms with Crippen molar-refractivity contribution in [1.29, 1.82) is 0 Å². The first kappa shape index (κ1) is 13.7. The third-order valence-corrected chi connectivity index (χ3v) is 4.16. The zero-order valence-corrected chi connectivity index (χ0v) is 12.2. The van der Waals surface area contributed by atoms with Gasteiger partial charge in [-0.2, -0.15) is 0 Å². The van der Waals surface area contributed by atoms with Gasteiger partial charge in [-0.05, 0) is 54.7 Å². The summed E-state index contributed by atoms with van der Waals surface area (Å²) in [5.41, 5.74) is 5.11. The van der Waals surface area contributed by atoms with Crippen molar-refractivity contribution in [2.45, 2.75) is 26.3 Å². The van der Waals surface area contributed by atoms with E-state index in [1.165, 1.54) is 11.1 Å². The molecule has 1 aliphatic heterocycles. The molecule has 1 N–H and O–H groups in total. The third-order valence-electron chi connectivity index (χ3n) is 4.16. The summed E-state index contributed by atoms with van der Waals surface area (Å²) in [6.45, 7) is 3.75. The zero-order valence-electron chi connectivity index (χ0n) is 12.2. The van der Waals surface area contributed by atoms with Gasteiger partial charge in [0.15, 0.2) is 0 Å². The number of aryl methyl sites for hydroxylation is 2. The average molecular weight is 281 g/mol. The number of benzene rings is 2. The molecule has 0 saturated heterocycles. The molecule has 0 unspecified atom stereocenters. The highest BCUT2D eigenvalue weighted by Crippen LogP contribution is 2.25. The molecule has 108 valence electrons. The quantitative estimate of drug-likeness (QED) is 0.913. The van der Waals surface area contributed by atoms with Crippen LogP contribution in [0.3, 0.4) is 0 Å². The van der Waals surface area contributed by atoms with Gasteiger partial charge in [0.25, 0.3) is 0 Å². The van der Waals surface area contributed by atoms with Crippen LogP contribution in [0.25, 0.3) is 0 Å². The number of hydrogen-bond acceptors (Lipinski definition) is 2. The van der Waals surface area contributed by atoms with Crippen molar-refractivity contribution in [3.05, 3.63) is 64.7 Å². The Morgan fingerprint density at radius 3 is 2.62 bits per heavy atom. The van der Waals surface area contributed by atoms with Crippen LogP contribution in [0.1, 0.15) is 33.5 Å². The van der Waals surface area contributed by atoms with E-state index in [4.69, 9.17) is 5.11 Å². The van der Waals surface area contributed by atoms with Crippen molar-refractivity contribution >= 4 is 11.7 Å². The van der Waals surface area contributed by atoms with Gasteiger partial charge < -0.3 is 10.0 Å². The Morgan fingerprint density at radius 2 is 1.90 bits per heavy atom. The Labute approximate surface area is 124 Å². The smallest absolute Gasteiger partial charge is 0.335 e. The van der Waals surface area contributed by atoms with E-state index >= 15 is 0 Å². The van der Waals surface area contributed by atoms with Crippen LogP contribution < -0.4 is 4.90 Å². The molecular formula is C18H19NO2. The van der Waals surface area contributed by atoms with Crippen molar-refractivity contribution in [3.63, 3.8) is 0 Å². The Balaban J connectivity index is 1.91. The Hall–Kier alpha value is -2.29. The second kappa shape index (κ2) is 5.60. The van der Waals surface area contributed by atoms with Crippen LogP contribution in [-0.4, -0.2) is 17.6 Å². The van der Waals surface area contributed by atoms with Crippen LogP contribution >= 0.6 is 0 Å². The summed E-state index contributed by atoms with van der Waals surface area (Å²) >= 11 is 0. The van der Waals surface area contributed by atoms with Crippen molar-refractivity contribution < 1.29 is 9.90 Å². The molecule has 0 atom stereocenters. The molecule has 3 heteroatoms. The molecule has 2 aromatic rings. The van der Waals surface area contributed by atoms with E-state index in [-0.39, 0.29) is 0 Å². The molecule has 0 saturated carbocycles. The molecule has 0 aromatic heterocycles. The first-order chi connectivity index (χ1) is 10.1. The minimum absolute atomic E-state index is 0.383. The van der Waals surface area contributed by atoms with Crippen molar-refractivity contribution in [3.8, 4) is 0 Å². The summed E-state index contributed by atoms with van der Waals surface area (Å²) in [6.07, 6.45) is 2.23. The molecular weight excluding hydrogens is 262 g/mol. The largest absolute Gasteiger partial charge is 0.478 e. The van der Waals surface area contributed by atoms with Gasteiger partial charge in [0.1, 0.15) is 0 Å². The predicted molar refractivity (Wildman–Crippen MR) is 84.0 cm³/mol. The fourth-order valence-electron chi connectivity index (χ4n) is 3.01. The first-order valence-electron chi connectivity index (χ1n) is 7.31. The van der Waals surface area contributed by atoms with E-state index in [2.05, 4.69) is 29.2 Å². The van der Waals surface area contributed by atoms with Gasteiger partial charge in [-0.25, -0.2) is 4.79 Å². The van der Waals surface area contributed by atoms with Gasteiger partial charge in [0, 0.05) is 18.8 Å². The molecule has 1 heterocycles. The molecule has 0 bridgehead atoms. The zero-order chi connectivity index (χ0) is 14.8. The molecule has 0 spiro atoms. The lowest BCUT2D eigenvalue weighted by Gasteiger charge is -2.24. The number of anilines is 1. The number of carbonyl (C=O) groups is 1. The molecule has 21 heavy (non-hydrogen) atoms. The lowest BCUT2D eigenvalue weighted by atomic mass is 10.0. The summed E-state index contributed by atoms with van der Waals surface area (Å²) in [5, 5.41) is 9.13. The number of rotatable bonds is 2. The van der Waals surface area contributed by atoms with E-state index in [1.54, 1.807) is 6.07 Å². The summed E-state index contributed by atoms with van der Waals surface area (Å²) in [7, 11) is 0. The maximum absolute atomic E-state index is 11.1. The molecule has 1 aliphatic rings. The maximum atomic E-state index is 11.1. The van der Waals surface area contributed by atoms with Crippen LogP contribution in [0, 0.1) is 6.92 Å². The Bertz CT molecular complexity index is 679. The summed E-state index contributed by atoms with van der Waals surface area (Å²) in [6, 6.07) is 14.2. The normalized spacial score (nSPS) is 14.4. The summed E-state index contributed by atoms with van der Waals surface area (Å²) in [5.74, 6) is -0.861. The van der Waals surface area contributed by atoms with E-state index in [1.807, 2.05) is 19.1 Å². The highest BCUT2D eigenvalue weighted by atomic mass is 16.4. The minimum atomic E-state index is -0.861. The van der Waals surface area contributed by atoms with Gasteiger partial charge in [0.2, 0.25) is 0 Å². The SMILES string of the molecule is Cc1cc(N2CCCc3ccccc3C2)ccc1C(=O)O. The monoisotopic (exact) mass is 281 g/mol. The van der Waals surface area contributed by atoms with E-state index < -0.39 is 5.97 Å². The lowest BCUT2D eigenvalue weighted by molar-refractivity contribution is 0.0696. The van der Waals surface area contributed by atoms with Gasteiger partial charge in [0.05, 0.1) is 5.56 Å². The van der Waals surface area contributed by atoms with Crippen LogP contribution in [0.2, 0.25) is 0 Å².